The molecule has 0 aliphatic heterocycles. The number of benzene rings is 3. The lowest BCUT2D eigenvalue weighted by molar-refractivity contribution is -0.139. The van der Waals surface area contributed by atoms with Crippen molar-refractivity contribution in [3.05, 3.63) is 89.6 Å². The van der Waals surface area contributed by atoms with E-state index in [-0.39, 0.29) is 33.7 Å². The number of sulfone groups is 1. The Morgan fingerprint density at radius 1 is 0.976 bits per heavy atom. The summed E-state index contributed by atoms with van der Waals surface area (Å²) < 4.78 is 93.3. The molecule has 4 aromatic rings. The molecule has 216 valence electrons. The largest absolute Gasteiger partial charge is 0.465 e. The van der Waals surface area contributed by atoms with Gasteiger partial charge in [-0.15, -0.1) is 0 Å². The van der Waals surface area contributed by atoms with E-state index < -0.39 is 66.2 Å². The minimum Gasteiger partial charge on any atom is -0.465 e. The Morgan fingerprint density at radius 2 is 1.68 bits per heavy atom. The van der Waals surface area contributed by atoms with Gasteiger partial charge in [0.25, 0.3) is 15.9 Å². The maximum absolute atomic E-state index is 15.7. The highest BCUT2D eigenvalue weighted by Crippen LogP contribution is 2.38. The quantitative estimate of drug-likeness (QED) is 0.156. The summed E-state index contributed by atoms with van der Waals surface area (Å²) in [7, 11) is -8.57. The van der Waals surface area contributed by atoms with Crippen LogP contribution in [0.15, 0.2) is 71.8 Å². The summed E-state index contributed by atoms with van der Waals surface area (Å²) in [6.45, 7) is 1.40. The summed E-state index contributed by atoms with van der Waals surface area (Å²) in [6, 6.07) is 12.0. The first kappa shape index (κ1) is 29.6. The van der Waals surface area contributed by atoms with E-state index >= 15 is 4.39 Å². The Kier molecular flexibility index (Phi) is 8.42. The molecular weight excluding hydrogens is 586 g/mol. The summed E-state index contributed by atoms with van der Waals surface area (Å²) in [5.41, 5.74) is 0.0285. The normalized spacial score (nSPS) is 11.8. The molecule has 0 atom stereocenters. The number of ether oxygens (including phenoxy) is 2. The molecule has 11 nitrogen and oxygen atoms in total. The smallest absolute Gasteiger partial charge is 0.321 e. The van der Waals surface area contributed by atoms with Crippen molar-refractivity contribution in [3.63, 3.8) is 0 Å². The monoisotopic (exact) mass is 608 g/mol. The van der Waals surface area contributed by atoms with E-state index in [0.29, 0.717) is 0 Å². The van der Waals surface area contributed by atoms with E-state index in [9.17, 15) is 30.8 Å². The van der Waals surface area contributed by atoms with Crippen molar-refractivity contribution in [2.24, 2.45) is 0 Å². The van der Waals surface area contributed by atoms with Gasteiger partial charge in [0.1, 0.15) is 17.3 Å². The van der Waals surface area contributed by atoms with Crippen LogP contribution >= 0.6 is 0 Å². The van der Waals surface area contributed by atoms with Crippen molar-refractivity contribution in [1.29, 1.82) is 0 Å². The lowest BCUT2D eigenvalue weighted by Crippen LogP contribution is -2.20. The van der Waals surface area contributed by atoms with Gasteiger partial charge in [-0.05, 0) is 43.3 Å². The van der Waals surface area contributed by atoms with Gasteiger partial charge in [0.15, 0.2) is 21.4 Å². The molecule has 41 heavy (non-hydrogen) atoms. The van der Waals surface area contributed by atoms with Crippen molar-refractivity contribution in [2.75, 3.05) is 12.4 Å². The van der Waals surface area contributed by atoms with Gasteiger partial charge in [-0.2, -0.15) is 0 Å². The molecule has 0 spiro atoms. The van der Waals surface area contributed by atoms with Gasteiger partial charge in [0, 0.05) is 23.2 Å². The van der Waals surface area contributed by atoms with Gasteiger partial charge in [0.2, 0.25) is 0 Å². The number of amides is 1. The maximum atomic E-state index is 15.7. The number of hydrogen-bond acceptors (Lipinski definition) is 9. The summed E-state index contributed by atoms with van der Waals surface area (Å²) >= 11 is 0. The van der Waals surface area contributed by atoms with Crippen LogP contribution in [0.4, 0.5) is 8.78 Å². The fourth-order valence-corrected chi connectivity index (χ4v) is 6.65. The Morgan fingerprint density at radius 3 is 2.34 bits per heavy atom. The van der Waals surface area contributed by atoms with E-state index in [2.05, 4.69) is 0 Å². The number of esters is 1. The second-order valence-corrected chi connectivity index (χ2v) is 12.4. The van der Waals surface area contributed by atoms with Crippen molar-refractivity contribution < 1.29 is 49.9 Å². The molecule has 0 fully saturated rings. The minimum absolute atomic E-state index is 0.0382. The molecular formula is C26H22F2N2O9S2. The Balaban J connectivity index is 1.90. The number of halogens is 2. The number of hydroxylamine groups is 1. The third-order valence-corrected chi connectivity index (χ3v) is 8.89. The van der Waals surface area contributed by atoms with Crippen LogP contribution in [0.3, 0.4) is 0 Å². The summed E-state index contributed by atoms with van der Waals surface area (Å²) in [5.74, 6) is -7.55. The van der Waals surface area contributed by atoms with Crippen LogP contribution in [0, 0.1) is 11.6 Å². The molecule has 0 aliphatic rings. The van der Waals surface area contributed by atoms with Crippen LogP contribution in [0.1, 0.15) is 22.8 Å². The average molecular weight is 609 g/mol. The number of aromatic nitrogens is 1. The topological polar surface area (TPSA) is 158 Å². The molecule has 0 saturated heterocycles. The highest BCUT2D eigenvalue weighted by atomic mass is 32.2. The van der Waals surface area contributed by atoms with Crippen molar-refractivity contribution >= 4 is 42.6 Å². The molecule has 0 aliphatic carbocycles. The molecule has 0 radical (unpaired) electrons. The van der Waals surface area contributed by atoms with Gasteiger partial charge in [-0.25, -0.2) is 35.1 Å². The molecule has 0 unspecified atom stereocenters. The van der Waals surface area contributed by atoms with E-state index in [1.165, 1.54) is 42.7 Å². The molecule has 15 heteroatoms. The van der Waals surface area contributed by atoms with Gasteiger partial charge >= 0.3 is 5.97 Å². The highest BCUT2D eigenvalue weighted by Gasteiger charge is 2.28. The van der Waals surface area contributed by atoms with Crippen LogP contribution in [0.5, 0.6) is 11.5 Å². The first-order valence-electron chi connectivity index (χ1n) is 11.8. The number of carbonyl (C=O) groups is 2. The molecule has 1 amide bonds. The molecule has 4 rings (SSSR count). The van der Waals surface area contributed by atoms with Gasteiger partial charge in [-0.3, -0.25) is 14.8 Å². The van der Waals surface area contributed by atoms with Crippen LogP contribution in [-0.2, 0) is 35.1 Å². The molecule has 1 aromatic heterocycles. The fourth-order valence-electron chi connectivity index (χ4n) is 4.02. The van der Waals surface area contributed by atoms with Crippen LogP contribution in [0.2, 0.25) is 0 Å². The minimum atomic E-state index is -4.33. The first-order valence-corrected chi connectivity index (χ1v) is 15.0. The summed E-state index contributed by atoms with van der Waals surface area (Å²) in [5, 5.41) is 8.83. The second-order valence-electron chi connectivity index (χ2n) is 8.55. The number of nitrogens with one attached hydrogen (secondary N) is 1. The molecule has 1 heterocycles. The van der Waals surface area contributed by atoms with E-state index in [0.717, 1.165) is 34.4 Å². The highest BCUT2D eigenvalue weighted by molar-refractivity contribution is 7.91. The Hall–Kier alpha value is -4.34. The zero-order valence-corrected chi connectivity index (χ0v) is 22.8. The zero-order valence-electron chi connectivity index (χ0n) is 21.2. The van der Waals surface area contributed by atoms with Crippen LogP contribution in [-0.4, -0.2) is 50.3 Å². The zero-order chi connectivity index (χ0) is 29.9. The molecule has 0 saturated carbocycles. The van der Waals surface area contributed by atoms with Crippen molar-refractivity contribution in [1.82, 2.24) is 9.45 Å². The number of carbonyl (C=O) groups excluding carboxylic acids is 2. The third kappa shape index (κ3) is 6.21. The number of hydrogen-bond donors (Lipinski definition) is 2. The maximum Gasteiger partial charge on any atom is 0.321 e. The lowest BCUT2D eigenvalue weighted by Gasteiger charge is -2.16. The van der Waals surface area contributed by atoms with Gasteiger partial charge < -0.3 is 9.47 Å². The average Bonchev–Trinajstić information content (AvgIpc) is 3.35. The first-order chi connectivity index (χ1) is 19.4. The summed E-state index contributed by atoms with van der Waals surface area (Å²) in [6.07, 6.45) is 1.11. The SMILES string of the molecule is CCOC(=O)CS(=O)(=O)Cc1c(Oc2ccc(F)c(C(=O)NO)c2)c(F)cc2c1ccn2S(=O)(=O)c1ccccc1. The van der Waals surface area contributed by atoms with Crippen molar-refractivity contribution in [2.45, 2.75) is 17.6 Å². The number of nitrogens with zero attached hydrogens (tertiary/aromatic N) is 1. The van der Waals surface area contributed by atoms with Crippen LogP contribution < -0.4 is 10.2 Å². The molecule has 2 N–H and O–H groups in total. The Labute approximate surface area is 232 Å². The number of fused-ring (bicyclic) bond motifs is 1. The van der Waals surface area contributed by atoms with Crippen LogP contribution in [0.25, 0.3) is 10.9 Å². The molecule has 3 aromatic carbocycles. The molecule has 0 bridgehead atoms. The second kappa shape index (κ2) is 11.6. The fraction of sp³-hybridized carbons (Fsp3) is 0.154. The lowest BCUT2D eigenvalue weighted by atomic mass is 10.1. The predicted molar refractivity (Wildman–Crippen MR) is 141 cm³/mol. The van der Waals surface area contributed by atoms with E-state index in [1.807, 2.05) is 0 Å². The van der Waals surface area contributed by atoms with E-state index in [4.69, 9.17) is 14.7 Å². The number of rotatable bonds is 10. The predicted octanol–water partition coefficient (Wildman–Crippen LogP) is 3.55. The standard InChI is InChI=1S/C26H22F2N2O9S2/c1-2-38-24(31)15-40(34,35)14-20-18-10-11-30(41(36,37)17-6-4-3-5-7-17)23(18)13-22(28)25(20)39-16-8-9-21(27)19(12-16)26(32)29-33/h3-13,33H,2,14-15H2,1H3,(H,29,32). The summed E-state index contributed by atoms with van der Waals surface area (Å²) in [4.78, 5) is 23.6. The third-order valence-electron chi connectivity index (χ3n) is 5.78. The van der Waals surface area contributed by atoms with Gasteiger partial charge in [-0.1, -0.05) is 18.2 Å². The van der Waals surface area contributed by atoms with E-state index in [1.54, 1.807) is 6.07 Å². The Bertz CT molecular complexity index is 1860. The van der Waals surface area contributed by atoms with Crippen molar-refractivity contribution in [3.8, 4) is 11.5 Å². The van der Waals surface area contributed by atoms with Gasteiger partial charge in [0.05, 0.1) is 28.3 Å².